The van der Waals surface area contributed by atoms with Gasteiger partial charge in [-0.2, -0.15) is 0 Å². The van der Waals surface area contributed by atoms with Crippen molar-refractivity contribution in [2.24, 2.45) is 0 Å². The molecular formula is C13H17ClO5S. The summed E-state index contributed by atoms with van der Waals surface area (Å²) in [6.45, 7) is 4.28. The molecule has 7 heteroatoms. The zero-order chi connectivity index (χ0) is 15.2. The molecule has 0 unspecified atom stereocenters. The minimum absolute atomic E-state index is 0.118. The fourth-order valence-electron chi connectivity index (χ4n) is 1.49. The van der Waals surface area contributed by atoms with Crippen LogP contribution in [-0.4, -0.2) is 27.6 Å². The molecule has 0 aliphatic heterocycles. The van der Waals surface area contributed by atoms with Crippen molar-refractivity contribution in [1.29, 1.82) is 0 Å². The Morgan fingerprint density at radius 1 is 1.30 bits per heavy atom. The summed E-state index contributed by atoms with van der Waals surface area (Å²) in [5.74, 6) is -0.462. The lowest BCUT2D eigenvalue weighted by atomic mass is 10.2. The summed E-state index contributed by atoms with van der Waals surface area (Å²) < 4.78 is 33.2. The van der Waals surface area contributed by atoms with Crippen LogP contribution < -0.4 is 4.74 Å². The number of rotatable bonds is 7. The Labute approximate surface area is 123 Å². The third-order valence-electron chi connectivity index (χ3n) is 2.47. The van der Waals surface area contributed by atoms with E-state index in [4.69, 9.17) is 20.2 Å². The zero-order valence-electron chi connectivity index (χ0n) is 11.4. The van der Waals surface area contributed by atoms with Gasteiger partial charge < -0.3 is 9.47 Å². The summed E-state index contributed by atoms with van der Waals surface area (Å²) in [7, 11) is 1.35. The van der Waals surface area contributed by atoms with Crippen molar-refractivity contribution in [3.8, 4) is 5.75 Å². The van der Waals surface area contributed by atoms with Gasteiger partial charge in [0.15, 0.2) is 0 Å². The van der Waals surface area contributed by atoms with Crippen molar-refractivity contribution in [3.63, 3.8) is 0 Å². The second-order valence-corrected chi connectivity index (χ2v) is 6.56. The molecule has 1 aromatic carbocycles. The normalized spacial score (nSPS) is 11.2. The van der Waals surface area contributed by atoms with Gasteiger partial charge >= 0.3 is 5.97 Å². The third kappa shape index (κ3) is 4.68. The monoisotopic (exact) mass is 320 g/mol. The first-order chi connectivity index (χ1) is 9.40. The summed E-state index contributed by atoms with van der Waals surface area (Å²) in [5.41, 5.74) is 0.129. The lowest BCUT2D eigenvalue weighted by molar-refractivity contribution is 0.0499. The summed E-state index contributed by atoms with van der Waals surface area (Å²) in [5, 5.41) is 0. The molecule has 0 bridgehead atoms. The van der Waals surface area contributed by atoms with E-state index >= 15 is 0 Å². The van der Waals surface area contributed by atoms with E-state index in [9.17, 15) is 13.2 Å². The van der Waals surface area contributed by atoms with Gasteiger partial charge in [-0.05, 0) is 31.5 Å². The second kappa shape index (κ2) is 7.50. The predicted molar refractivity (Wildman–Crippen MR) is 75.8 cm³/mol. The number of esters is 1. The molecule has 20 heavy (non-hydrogen) atoms. The highest BCUT2D eigenvalue weighted by Gasteiger charge is 2.20. The van der Waals surface area contributed by atoms with Crippen LogP contribution in [0.3, 0.4) is 0 Å². The summed E-state index contributed by atoms with van der Waals surface area (Å²) in [6.07, 6.45) is 1.65. The molecule has 0 saturated carbocycles. The molecule has 112 valence electrons. The van der Waals surface area contributed by atoms with Gasteiger partial charge in [0.2, 0.25) is 0 Å². The van der Waals surface area contributed by atoms with Gasteiger partial charge in [0, 0.05) is 10.7 Å². The van der Waals surface area contributed by atoms with Gasteiger partial charge in [-0.25, -0.2) is 13.2 Å². The largest absolute Gasteiger partial charge is 0.492 e. The minimum Gasteiger partial charge on any atom is -0.492 e. The van der Waals surface area contributed by atoms with Gasteiger partial charge in [0.25, 0.3) is 9.05 Å². The molecule has 0 fully saturated rings. The molecule has 0 aliphatic rings. The number of benzene rings is 1. The van der Waals surface area contributed by atoms with Crippen molar-refractivity contribution in [3.05, 3.63) is 23.8 Å². The highest BCUT2D eigenvalue weighted by molar-refractivity contribution is 8.13. The molecule has 1 aromatic rings. The van der Waals surface area contributed by atoms with Crippen LogP contribution in [0.1, 0.15) is 37.0 Å². The van der Waals surface area contributed by atoms with Crippen LogP contribution in [-0.2, 0) is 13.8 Å². The van der Waals surface area contributed by atoms with Gasteiger partial charge in [-0.15, -0.1) is 0 Å². The minimum atomic E-state index is -4.00. The van der Waals surface area contributed by atoms with Crippen LogP contribution in [0.15, 0.2) is 23.1 Å². The van der Waals surface area contributed by atoms with E-state index in [1.165, 1.54) is 18.2 Å². The molecule has 0 aliphatic carbocycles. The predicted octanol–water partition coefficient (Wildman–Crippen LogP) is 2.97. The lowest BCUT2D eigenvalue weighted by Gasteiger charge is -2.10. The molecule has 0 radical (unpaired) electrons. The van der Waals surface area contributed by atoms with E-state index in [1.54, 1.807) is 6.92 Å². The van der Waals surface area contributed by atoms with Gasteiger partial charge in [0.1, 0.15) is 10.6 Å². The van der Waals surface area contributed by atoms with Gasteiger partial charge in [-0.1, -0.05) is 13.3 Å². The molecule has 0 saturated heterocycles. The summed E-state index contributed by atoms with van der Waals surface area (Å²) >= 11 is 0. The highest BCUT2D eigenvalue weighted by atomic mass is 35.7. The van der Waals surface area contributed by atoms with Crippen molar-refractivity contribution in [2.75, 3.05) is 13.2 Å². The van der Waals surface area contributed by atoms with E-state index < -0.39 is 15.0 Å². The van der Waals surface area contributed by atoms with E-state index in [0.29, 0.717) is 13.2 Å². The molecule has 0 heterocycles. The zero-order valence-corrected chi connectivity index (χ0v) is 13.0. The maximum atomic E-state index is 11.8. The highest BCUT2D eigenvalue weighted by Crippen LogP contribution is 2.28. The van der Waals surface area contributed by atoms with E-state index in [2.05, 4.69) is 0 Å². The van der Waals surface area contributed by atoms with Crippen LogP contribution in [0.5, 0.6) is 5.75 Å². The van der Waals surface area contributed by atoms with E-state index in [1.807, 2.05) is 6.92 Å². The van der Waals surface area contributed by atoms with Crippen LogP contribution in [0, 0.1) is 0 Å². The van der Waals surface area contributed by atoms with E-state index in [0.717, 1.165) is 12.8 Å². The first-order valence-corrected chi connectivity index (χ1v) is 8.59. The summed E-state index contributed by atoms with van der Waals surface area (Å²) in [6, 6.07) is 4.02. The topological polar surface area (TPSA) is 69.7 Å². The average Bonchev–Trinajstić information content (AvgIpc) is 2.38. The van der Waals surface area contributed by atoms with Crippen LogP contribution in [0.4, 0.5) is 0 Å². The number of hydrogen-bond donors (Lipinski definition) is 0. The first kappa shape index (κ1) is 16.8. The maximum Gasteiger partial charge on any atom is 0.338 e. The quantitative estimate of drug-likeness (QED) is 0.439. The lowest BCUT2D eigenvalue weighted by Crippen LogP contribution is -2.08. The number of halogens is 1. The third-order valence-corrected chi connectivity index (χ3v) is 3.82. The first-order valence-electron chi connectivity index (χ1n) is 6.28. The molecular weight excluding hydrogens is 304 g/mol. The average molecular weight is 321 g/mol. The SMILES string of the molecule is CCCCOC(=O)c1ccc(OCC)c(S(=O)(=O)Cl)c1. The second-order valence-electron chi connectivity index (χ2n) is 4.02. The summed E-state index contributed by atoms with van der Waals surface area (Å²) in [4.78, 5) is 11.5. The number of hydrogen-bond acceptors (Lipinski definition) is 5. The van der Waals surface area contributed by atoms with Crippen molar-refractivity contribution in [2.45, 2.75) is 31.6 Å². The molecule has 0 atom stereocenters. The van der Waals surface area contributed by atoms with Gasteiger partial charge in [-0.3, -0.25) is 0 Å². The van der Waals surface area contributed by atoms with Crippen LogP contribution in [0.25, 0.3) is 0 Å². The standard InChI is InChI=1S/C13H17ClO5S/c1-3-5-8-19-13(15)10-6-7-11(18-4-2)12(9-10)20(14,16)17/h6-7,9H,3-5,8H2,1-2H3. The Morgan fingerprint density at radius 3 is 2.55 bits per heavy atom. The number of carbonyl (C=O) groups is 1. The Balaban J connectivity index is 3.03. The van der Waals surface area contributed by atoms with Crippen molar-refractivity contribution < 1.29 is 22.7 Å². The Morgan fingerprint density at radius 2 is 2.00 bits per heavy atom. The fourth-order valence-corrected chi connectivity index (χ4v) is 2.49. The molecule has 0 N–H and O–H groups in total. The molecule has 1 rings (SSSR count). The molecule has 0 amide bonds. The van der Waals surface area contributed by atoms with Crippen molar-refractivity contribution in [1.82, 2.24) is 0 Å². The number of carbonyl (C=O) groups excluding carboxylic acids is 1. The van der Waals surface area contributed by atoms with Gasteiger partial charge in [0.05, 0.1) is 18.8 Å². The molecule has 0 spiro atoms. The van der Waals surface area contributed by atoms with Crippen molar-refractivity contribution >= 4 is 25.7 Å². The maximum absolute atomic E-state index is 11.8. The smallest absolute Gasteiger partial charge is 0.338 e. The molecule has 5 nitrogen and oxygen atoms in total. The van der Waals surface area contributed by atoms with E-state index in [-0.39, 0.29) is 16.2 Å². The van der Waals surface area contributed by atoms with Crippen LogP contribution in [0.2, 0.25) is 0 Å². The number of ether oxygens (including phenoxy) is 2. The Bertz CT molecular complexity index is 568. The van der Waals surface area contributed by atoms with Crippen LogP contribution >= 0.6 is 10.7 Å². The fraction of sp³-hybridized carbons (Fsp3) is 0.462. The Hall–Kier alpha value is -1.27. The molecule has 0 aromatic heterocycles. The number of unbranched alkanes of at least 4 members (excludes halogenated alkanes) is 1. The Kier molecular flexibility index (Phi) is 6.29.